The maximum atomic E-state index is 11.5. The first-order valence-corrected chi connectivity index (χ1v) is 8.38. The van der Waals surface area contributed by atoms with Gasteiger partial charge in [0.05, 0.1) is 0 Å². The Morgan fingerprint density at radius 1 is 1.09 bits per heavy atom. The first-order chi connectivity index (χ1) is 11.0. The number of carbonyl (C=O) groups is 4. The van der Waals surface area contributed by atoms with E-state index in [0.717, 1.165) is 19.3 Å². The Kier molecular flexibility index (Phi) is 11.6. The summed E-state index contributed by atoms with van der Waals surface area (Å²) in [7, 11) is 0. The normalized spacial score (nSPS) is 13.4. The molecule has 1 aliphatic heterocycles. The molecule has 0 atom stereocenters. The number of hydrogen-bond donors (Lipinski definition) is 1. The van der Waals surface area contributed by atoms with Gasteiger partial charge in [-0.15, -0.1) is 5.06 Å². The lowest BCUT2D eigenvalue weighted by Gasteiger charge is -2.12. The summed E-state index contributed by atoms with van der Waals surface area (Å²) in [4.78, 5) is 50.1. The quantitative estimate of drug-likeness (QED) is 0.517. The van der Waals surface area contributed by atoms with E-state index in [4.69, 9.17) is 4.84 Å². The highest BCUT2D eigenvalue weighted by Gasteiger charge is 2.32. The van der Waals surface area contributed by atoms with E-state index in [1.165, 1.54) is 0 Å². The fourth-order valence-electron chi connectivity index (χ4n) is 1.89. The molecule has 0 aromatic rings. The fraction of sp³-hybridized carbons (Fsp3) is 0.750. The van der Waals surface area contributed by atoms with E-state index in [9.17, 15) is 19.2 Å². The van der Waals surface area contributed by atoms with Gasteiger partial charge < -0.3 is 10.2 Å². The Morgan fingerprint density at radius 2 is 1.70 bits per heavy atom. The minimum Gasteiger partial charge on any atom is -0.356 e. The summed E-state index contributed by atoms with van der Waals surface area (Å²) in [6, 6.07) is 0. The average molecular weight is 330 g/mol. The number of carbonyl (C=O) groups excluding carboxylic acids is 4. The smallest absolute Gasteiger partial charge is 0.333 e. The van der Waals surface area contributed by atoms with Crippen LogP contribution in [0.3, 0.4) is 0 Å². The van der Waals surface area contributed by atoms with Crippen molar-refractivity contribution in [2.45, 2.75) is 72.1 Å². The Hall–Kier alpha value is -1.92. The maximum absolute atomic E-state index is 11.5. The van der Waals surface area contributed by atoms with E-state index in [1.807, 2.05) is 13.8 Å². The number of unbranched alkanes of at least 4 members (excludes halogenated alkanes) is 2. The molecule has 1 saturated heterocycles. The van der Waals surface area contributed by atoms with E-state index in [2.05, 4.69) is 12.2 Å². The zero-order chi connectivity index (χ0) is 17.7. The summed E-state index contributed by atoms with van der Waals surface area (Å²) < 4.78 is 0. The highest BCUT2D eigenvalue weighted by Crippen LogP contribution is 2.13. The lowest BCUT2D eigenvalue weighted by atomic mass is 10.2. The van der Waals surface area contributed by atoms with Crippen LogP contribution < -0.4 is 5.32 Å². The van der Waals surface area contributed by atoms with Crippen molar-refractivity contribution in [1.82, 2.24) is 10.4 Å². The minimum absolute atomic E-state index is 0. The summed E-state index contributed by atoms with van der Waals surface area (Å²) in [6.45, 7) is 6.73. The molecule has 0 aromatic carbocycles. The monoisotopic (exact) mass is 330 g/mol. The second-order valence-electron chi connectivity index (χ2n) is 4.96. The van der Waals surface area contributed by atoms with E-state index in [0.29, 0.717) is 18.0 Å². The van der Waals surface area contributed by atoms with E-state index >= 15 is 0 Å². The van der Waals surface area contributed by atoms with Crippen LogP contribution in [-0.4, -0.2) is 35.3 Å². The van der Waals surface area contributed by atoms with Gasteiger partial charge in [0.1, 0.15) is 0 Å². The fourth-order valence-corrected chi connectivity index (χ4v) is 1.89. The molecule has 1 fully saturated rings. The molecule has 1 aliphatic rings. The van der Waals surface area contributed by atoms with Crippen molar-refractivity contribution in [3.05, 3.63) is 0 Å². The van der Waals surface area contributed by atoms with Crippen molar-refractivity contribution >= 4 is 23.7 Å². The third kappa shape index (κ3) is 8.95. The molecule has 1 rings (SSSR count). The Morgan fingerprint density at radius 3 is 2.26 bits per heavy atom. The van der Waals surface area contributed by atoms with Gasteiger partial charge in [-0.05, 0) is 12.8 Å². The molecule has 7 nitrogen and oxygen atoms in total. The van der Waals surface area contributed by atoms with Crippen LogP contribution >= 0.6 is 0 Å². The van der Waals surface area contributed by atoms with Crippen LogP contribution in [0, 0.1) is 0 Å². The van der Waals surface area contributed by atoms with E-state index in [1.54, 1.807) is 0 Å². The molecule has 23 heavy (non-hydrogen) atoms. The van der Waals surface area contributed by atoms with Crippen molar-refractivity contribution < 1.29 is 25.4 Å². The molecule has 0 radical (unpaired) electrons. The molecule has 0 aromatic heterocycles. The number of hydrogen-bond acceptors (Lipinski definition) is 5. The molecule has 134 valence electrons. The first-order valence-electron chi connectivity index (χ1n) is 8.38. The van der Waals surface area contributed by atoms with Crippen molar-refractivity contribution in [2.75, 3.05) is 6.54 Å². The Labute approximate surface area is 139 Å². The van der Waals surface area contributed by atoms with Gasteiger partial charge >= 0.3 is 5.97 Å². The molecular weight excluding hydrogens is 300 g/mol. The number of nitrogens with zero attached hydrogens (tertiary/aromatic N) is 1. The molecule has 0 spiro atoms. The predicted octanol–water partition coefficient (Wildman–Crippen LogP) is 2.34. The molecule has 0 saturated carbocycles. The van der Waals surface area contributed by atoms with Gasteiger partial charge in [0, 0.05) is 33.7 Å². The van der Waals surface area contributed by atoms with Gasteiger partial charge in [0.2, 0.25) is 5.91 Å². The predicted molar refractivity (Wildman–Crippen MR) is 87.0 cm³/mol. The van der Waals surface area contributed by atoms with Crippen molar-refractivity contribution in [2.24, 2.45) is 0 Å². The SMILES string of the molecule is CC.CCCCCNC(=O)CCCC(=O)ON1C(=O)CCC1=O.[HH]. The lowest BCUT2D eigenvalue weighted by molar-refractivity contribution is -0.197. The number of rotatable bonds is 9. The lowest BCUT2D eigenvalue weighted by Crippen LogP contribution is -2.32. The van der Waals surface area contributed by atoms with Gasteiger partial charge in [-0.3, -0.25) is 14.4 Å². The number of amides is 3. The van der Waals surface area contributed by atoms with Gasteiger partial charge in [0.15, 0.2) is 0 Å². The molecule has 0 unspecified atom stereocenters. The molecule has 0 bridgehead atoms. The second kappa shape index (κ2) is 12.6. The highest BCUT2D eigenvalue weighted by molar-refractivity contribution is 6.01. The summed E-state index contributed by atoms with van der Waals surface area (Å²) in [5, 5.41) is 3.29. The molecule has 3 amide bonds. The second-order valence-corrected chi connectivity index (χ2v) is 4.96. The van der Waals surface area contributed by atoms with Gasteiger partial charge in [-0.2, -0.15) is 0 Å². The topological polar surface area (TPSA) is 92.8 Å². The van der Waals surface area contributed by atoms with Crippen LogP contribution in [0.25, 0.3) is 0 Å². The summed E-state index contributed by atoms with van der Waals surface area (Å²) in [6.07, 6.45) is 3.82. The van der Waals surface area contributed by atoms with Crippen LogP contribution in [0.15, 0.2) is 0 Å². The average Bonchev–Trinajstić information content (AvgIpc) is 2.85. The maximum Gasteiger partial charge on any atom is 0.333 e. The zero-order valence-electron chi connectivity index (χ0n) is 14.4. The number of hydroxylamine groups is 2. The molecule has 1 heterocycles. The highest BCUT2D eigenvalue weighted by atomic mass is 16.7. The summed E-state index contributed by atoms with van der Waals surface area (Å²) in [5.74, 6) is -1.77. The first kappa shape index (κ1) is 21.1. The van der Waals surface area contributed by atoms with Crippen LogP contribution in [0.1, 0.15) is 73.6 Å². The Balaban J connectivity index is 0. The van der Waals surface area contributed by atoms with Crippen LogP contribution in [0.4, 0.5) is 0 Å². The van der Waals surface area contributed by atoms with Crippen LogP contribution in [0.5, 0.6) is 0 Å². The third-order valence-corrected chi connectivity index (χ3v) is 3.09. The van der Waals surface area contributed by atoms with Gasteiger partial charge in [-0.25, -0.2) is 4.79 Å². The largest absolute Gasteiger partial charge is 0.356 e. The van der Waals surface area contributed by atoms with E-state index < -0.39 is 17.8 Å². The molecule has 7 heteroatoms. The van der Waals surface area contributed by atoms with Gasteiger partial charge in [-0.1, -0.05) is 33.6 Å². The summed E-state index contributed by atoms with van der Waals surface area (Å²) >= 11 is 0. The Bertz CT molecular complexity index is 399. The molecule has 1 N–H and O–H groups in total. The van der Waals surface area contributed by atoms with Crippen molar-refractivity contribution in [3.8, 4) is 0 Å². The number of nitrogens with one attached hydrogen (secondary N) is 1. The van der Waals surface area contributed by atoms with Crippen molar-refractivity contribution in [1.29, 1.82) is 0 Å². The summed E-state index contributed by atoms with van der Waals surface area (Å²) in [5.41, 5.74) is 0. The molecular formula is C16H30N2O5. The number of imide groups is 1. The standard InChI is InChI=1S/C14H22N2O5.C2H6.H2/c1-2-3-4-10-15-11(17)6-5-7-14(20)21-16-12(18)8-9-13(16)19;1-2;/h2-10H2,1H3,(H,15,17);1-2H3;1H. The van der Waals surface area contributed by atoms with Crippen LogP contribution in [-0.2, 0) is 24.0 Å². The molecule has 0 aliphatic carbocycles. The minimum atomic E-state index is -0.669. The van der Waals surface area contributed by atoms with Crippen LogP contribution in [0.2, 0.25) is 0 Å². The van der Waals surface area contributed by atoms with E-state index in [-0.39, 0.29) is 33.0 Å². The zero-order valence-corrected chi connectivity index (χ0v) is 14.4. The van der Waals surface area contributed by atoms with Gasteiger partial charge in [0.25, 0.3) is 11.8 Å². The van der Waals surface area contributed by atoms with Crippen molar-refractivity contribution in [3.63, 3.8) is 0 Å². The third-order valence-electron chi connectivity index (χ3n) is 3.09.